The molecule has 170 valence electrons. The maximum atomic E-state index is 12.8. The number of anilines is 1. The van der Waals surface area contributed by atoms with Gasteiger partial charge in [0.15, 0.2) is 0 Å². The Morgan fingerprint density at radius 3 is 2.60 bits per heavy atom. The van der Waals surface area contributed by atoms with Crippen molar-refractivity contribution < 1.29 is 14.3 Å². The van der Waals surface area contributed by atoms with E-state index < -0.39 is 5.60 Å². The summed E-state index contributed by atoms with van der Waals surface area (Å²) < 4.78 is 11.7. The number of benzene rings is 1. The Balaban J connectivity index is 1.77. The van der Waals surface area contributed by atoms with Gasteiger partial charge in [-0.3, -0.25) is 4.79 Å². The van der Waals surface area contributed by atoms with E-state index in [4.69, 9.17) is 9.47 Å². The van der Waals surface area contributed by atoms with Gasteiger partial charge in [-0.05, 0) is 77.3 Å². The molecule has 0 radical (unpaired) electrons. The van der Waals surface area contributed by atoms with E-state index in [2.05, 4.69) is 24.1 Å². The van der Waals surface area contributed by atoms with Gasteiger partial charge in [0, 0.05) is 24.9 Å². The molecule has 1 fully saturated rings. The first kappa shape index (κ1) is 24.7. The molecule has 30 heavy (non-hydrogen) atoms. The van der Waals surface area contributed by atoms with Crippen LogP contribution >= 0.6 is 0 Å². The third-order valence-electron chi connectivity index (χ3n) is 6.11. The molecule has 1 amide bonds. The third kappa shape index (κ3) is 7.92. The van der Waals surface area contributed by atoms with Crippen molar-refractivity contribution in [3.8, 4) is 5.75 Å². The average Bonchev–Trinajstić information content (AvgIpc) is 2.74. The van der Waals surface area contributed by atoms with Gasteiger partial charge in [0.05, 0.1) is 6.61 Å². The Labute approximate surface area is 183 Å². The summed E-state index contributed by atoms with van der Waals surface area (Å²) in [4.78, 5) is 15.4. The lowest BCUT2D eigenvalue weighted by atomic mass is 9.96. The number of amides is 1. The van der Waals surface area contributed by atoms with Gasteiger partial charge in [-0.25, -0.2) is 0 Å². The molecule has 0 aliphatic carbocycles. The SMILES string of the molecule is CCCCCC(C)(OCC)C(=O)Nc1ccc(OCCCN2CCCCC2C)cc1. The number of unbranched alkanes of at least 4 members (excludes halogenated alkanes) is 2. The summed E-state index contributed by atoms with van der Waals surface area (Å²) in [6.45, 7) is 11.9. The third-order valence-corrected chi connectivity index (χ3v) is 6.11. The predicted molar refractivity (Wildman–Crippen MR) is 124 cm³/mol. The molecule has 1 heterocycles. The average molecular weight is 419 g/mol. The van der Waals surface area contributed by atoms with Crippen LogP contribution in [-0.2, 0) is 9.53 Å². The summed E-state index contributed by atoms with van der Waals surface area (Å²) in [5.41, 5.74) is -0.0130. The van der Waals surface area contributed by atoms with Crippen LogP contribution in [0.15, 0.2) is 24.3 Å². The topological polar surface area (TPSA) is 50.8 Å². The second-order valence-electron chi connectivity index (χ2n) is 8.68. The van der Waals surface area contributed by atoms with Gasteiger partial charge in [0.2, 0.25) is 0 Å². The first-order chi connectivity index (χ1) is 14.5. The van der Waals surface area contributed by atoms with Gasteiger partial charge in [-0.15, -0.1) is 0 Å². The molecule has 1 aliphatic rings. The molecule has 5 nitrogen and oxygen atoms in total. The van der Waals surface area contributed by atoms with E-state index in [9.17, 15) is 4.79 Å². The molecule has 1 aliphatic heterocycles. The molecule has 2 unspecified atom stereocenters. The van der Waals surface area contributed by atoms with E-state index in [0.717, 1.165) is 56.7 Å². The molecular weight excluding hydrogens is 376 g/mol. The molecule has 2 atom stereocenters. The van der Waals surface area contributed by atoms with Gasteiger partial charge in [0.1, 0.15) is 11.4 Å². The number of carbonyl (C=O) groups is 1. The Kier molecular flexibility index (Phi) is 10.7. The van der Waals surface area contributed by atoms with Gasteiger partial charge in [-0.1, -0.05) is 32.6 Å². The maximum absolute atomic E-state index is 12.8. The smallest absolute Gasteiger partial charge is 0.256 e. The number of hydrogen-bond donors (Lipinski definition) is 1. The highest BCUT2D eigenvalue weighted by Gasteiger charge is 2.33. The molecule has 0 aromatic heterocycles. The lowest BCUT2D eigenvalue weighted by Crippen LogP contribution is -2.42. The second-order valence-corrected chi connectivity index (χ2v) is 8.68. The number of carbonyl (C=O) groups excluding carboxylic acids is 1. The number of nitrogens with zero attached hydrogens (tertiary/aromatic N) is 1. The minimum atomic E-state index is -0.787. The molecule has 1 aromatic carbocycles. The van der Waals surface area contributed by atoms with Crippen molar-refractivity contribution in [1.29, 1.82) is 0 Å². The molecule has 1 N–H and O–H groups in total. The summed E-state index contributed by atoms with van der Waals surface area (Å²) in [7, 11) is 0. The van der Waals surface area contributed by atoms with Crippen molar-refractivity contribution >= 4 is 11.6 Å². The molecule has 2 rings (SSSR count). The summed E-state index contributed by atoms with van der Waals surface area (Å²) >= 11 is 0. The molecule has 1 saturated heterocycles. The number of likely N-dealkylation sites (tertiary alicyclic amines) is 1. The first-order valence-corrected chi connectivity index (χ1v) is 11.9. The highest BCUT2D eigenvalue weighted by molar-refractivity contribution is 5.97. The molecule has 1 aromatic rings. The lowest BCUT2D eigenvalue weighted by molar-refractivity contribution is -0.139. The molecular formula is C25H42N2O3. The zero-order valence-corrected chi connectivity index (χ0v) is 19.5. The monoisotopic (exact) mass is 418 g/mol. The van der Waals surface area contributed by atoms with Gasteiger partial charge < -0.3 is 19.7 Å². The Hall–Kier alpha value is -1.59. The molecule has 0 saturated carbocycles. The molecule has 0 bridgehead atoms. The van der Waals surface area contributed by atoms with Crippen LogP contribution in [0.5, 0.6) is 5.75 Å². The van der Waals surface area contributed by atoms with Crippen LogP contribution in [0.2, 0.25) is 0 Å². The predicted octanol–water partition coefficient (Wildman–Crippen LogP) is 5.64. The number of hydrogen-bond acceptors (Lipinski definition) is 4. The molecule has 0 spiro atoms. The highest BCUT2D eigenvalue weighted by Crippen LogP contribution is 2.23. The largest absolute Gasteiger partial charge is 0.494 e. The van der Waals surface area contributed by atoms with E-state index in [1.54, 1.807) is 0 Å². The Bertz CT molecular complexity index is 619. The summed E-state index contributed by atoms with van der Waals surface area (Å²) in [6.07, 6.45) is 8.99. The van der Waals surface area contributed by atoms with Crippen molar-refractivity contribution in [2.45, 2.75) is 90.7 Å². The van der Waals surface area contributed by atoms with Crippen molar-refractivity contribution in [2.24, 2.45) is 0 Å². The molecule has 5 heteroatoms. The van der Waals surface area contributed by atoms with Crippen molar-refractivity contribution in [2.75, 3.05) is 31.6 Å². The number of piperidine rings is 1. The maximum Gasteiger partial charge on any atom is 0.256 e. The van der Waals surface area contributed by atoms with E-state index in [-0.39, 0.29) is 5.91 Å². The summed E-state index contributed by atoms with van der Waals surface area (Å²) in [5, 5.41) is 3.01. The zero-order chi connectivity index (χ0) is 21.8. The normalized spacial score (nSPS) is 19.3. The quantitative estimate of drug-likeness (QED) is 0.421. The highest BCUT2D eigenvalue weighted by atomic mass is 16.5. The van der Waals surface area contributed by atoms with Crippen LogP contribution < -0.4 is 10.1 Å². The van der Waals surface area contributed by atoms with Crippen LogP contribution in [0.3, 0.4) is 0 Å². The van der Waals surface area contributed by atoms with Crippen molar-refractivity contribution in [3.05, 3.63) is 24.3 Å². The first-order valence-electron chi connectivity index (χ1n) is 11.9. The lowest BCUT2D eigenvalue weighted by Gasteiger charge is -2.33. The zero-order valence-electron chi connectivity index (χ0n) is 19.5. The Morgan fingerprint density at radius 2 is 1.93 bits per heavy atom. The Morgan fingerprint density at radius 1 is 1.17 bits per heavy atom. The standard InChI is InChI=1S/C25H42N2O3/c1-5-7-9-17-25(4,30-6-2)24(28)26-22-13-15-23(16-14-22)29-20-11-19-27-18-10-8-12-21(27)3/h13-16,21H,5-12,17-20H2,1-4H3,(H,26,28). The number of nitrogens with one attached hydrogen (secondary N) is 1. The fourth-order valence-corrected chi connectivity index (χ4v) is 4.13. The fourth-order valence-electron chi connectivity index (χ4n) is 4.13. The van der Waals surface area contributed by atoms with Crippen molar-refractivity contribution in [1.82, 2.24) is 4.90 Å². The van der Waals surface area contributed by atoms with E-state index in [0.29, 0.717) is 12.6 Å². The van der Waals surface area contributed by atoms with Crippen LogP contribution in [-0.4, -0.2) is 48.8 Å². The van der Waals surface area contributed by atoms with E-state index >= 15 is 0 Å². The van der Waals surface area contributed by atoms with Crippen molar-refractivity contribution in [3.63, 3.8) is 0 Å². The van der Waals surface area contributed by atoms with E-state index in [1.807, 2.05) is 38.1 Å². The van der Waals surface area contributed by atoms with Crippen LogP contribution in [0.4, 0.5) is 5.69 Å². The van der Waals surface area contributed by atoms with Crippen LogP contribution in [0.1, 0.15) is 79.1 Å². The van der Waals surface area contributed by atoms with Crippen LogP contribution in [0, 0.1) is 0 Å². The summed E-state index contributed by atoms with van der Waals surface area (Å²) in [5.74, 6) is 0.764. The minimum Gasteiger partial charge on any atom is -0.494 e. The van der Waals surface area contributed by atoms with Crippen LogP contribution in [0.25, 0.3) is 0 Å². The minimum absolute atomic E-state index is 0.0789. The van der Waals surface area contributed by atoms with Gasteiger partial charge >= 0.3 is 0 Å². The fraction of sp³-hybridized carbons (Fsp3) is 0.720. The second kappa shape index (κ2) is 13.0. The van der Waals surface area contributed by atoms with Gasteiger partial charge in [0.25, 0.3) is 5.91 Å². The number of ether oxygens (including phenoxy) is 2. The number of rotatable bonds is 13. The summed E-state index contributed by atoms with van der Waals surface area (Å²) in [6, 6.07) is 8.35. The van der Waals surface area contributed by atoms with E-state index in [1.165, 1.54) is 25.8 Å². The van der Waals surface area contributed by atoms with Gasteiger partial charge in [-0.2, -0.15) is 0 Å².